The first-order valence-electron chi connectivity index (χ1n) is 5.98. The molecule has 0 atom stereocenters. The van der Waals surface area contributed by atoms with Gasteiger partial charge in [-0.3, -0.25) is 4.79 Å². The van der Waals surface area contributed by atoms with Gasteiger partial charge in [0.1, 0.15) is 5.75 Å². The molecule has 106 valence electrons. The summed E-state index contributed by atoms with van der Waals surface area (Å²) >= 11 is 3.31. The number of halogens is 3. The molecule has 6 heteroatoms. The lowest BCUT2D eigenvalue weighted by atomic mass is 10.2. The van der Waals surface area contributed by atoms with Gasteiger partial charge in [0.2, 0.25) is 0 Å². The van der Waals surface area contributed by atoms with Crippen LogP contribution < -0.4 is 4.74 Å². The summed E-state index contributed by atoms with van der Waals surface area (Å²) in [4.78, 5) is 13.9. The molecular weight excluding hydrogens is 320 g/mol. The molecule has 0 N–H and O–H groups in total. The normalized spacial score (nSPS) is 10.6. The molecule has 0 radical (unpaired) electrons. The predicted molar refractivity (Wildman–Crippen MR) is 73.1 cm³/mol. The average molecular weight is 336 g/mol. The van der Waals surface area contributed by atoms with Crippen LogP contribution in [0.3, 0.4) is 0 Å². The Hall–Kier alpha value is -1.17. The zero-order valence-corrected chi connectivity index (χ0v) is 12.2. The highest BCUT2D eigenvalue weighted by Gasteiger charge is 2.15. The van der Waals surface area contributed by atoms with Crippen LogP contribution in [-0.2, 0) is 0 Å². The summed E-state index contributed by atoms with van der Waals surface area (Å²) in [6.45, 7) is 0.193. The minimum Gasteiger partial charge on any atom is -0.435 e. The number of nitrogens with zero attached hydrogens (tertiary/aromatic N) is 1. The van der Waals surface area contributed by atoms with E-state index in [1.54, 1.807) is 11.0 Å². The minimum absolute atomic E-state index is 0.00241. The topological polar surface area (TPSA) is 29.5 Å². The van der Waals surface area contributed by atoms with Crippen molar-refractivity contribution in [2.75, 3.05) is 18.4 Å². The maximum Gasteiger partial charge on any atom is 0.387 e. The second-order valence-electron chi connectivity index (χ2n) is 3.83. The lowest BCUT2D eigenvalue weighted by Gasteiger charge is -2.20. The van der Waals surface area contributed by atoms with Gasteiger partial charge in [0.15, 0.2) is 0 Å². The van der Waals surface area contributed by atoms with Crippen LogP contribution in [0.4, 0.5) is 8.78 Å². The first-order valence-corrected chi connectivity index (χ1v) is 7.10. The summed E-state index contributed by atoms with van der Waals surface area (Å²) in [6, 6.07) is 5.86. The van der Waals surface area contributed by atoms with Gasteiger partial charge < -0.3 is 9.64 Å². The van der Waals surface area contributed by atoms with E-state index in [-0.39, 0.29) is 11.7 Å². The van der Waals surface area contributed by atoms with Crippen LogP contribution in [0.1, 0.15) is 23.7 Å². The van der Waals surface area contributed by atoms with Crippen LogP contribution in [0, 0.1) is 0 Å². The Bertz CT molecular complexity index is 415. The van der Waals surface area contributed by atoms with Crippen molar-refractivity contribution in [1.82, 2.24) is 4.90 Å². The Kier molecular flexibility index (Phi) is 6.77. The summed E-state index contributed by atoms with van der Waals surface area (Å²) in [5.41, 5.74) is 0.356. The molecule has 0 aliphatic rings. The van der Waals surface area contributed by atoms with E-state index in [0.29, 0.717) is 18.7 Å². The number of alkyl halides is 3. The molecule has 1 amide bonds. The number of hydrogen-bond donors (Lipinski definition) is 0. The summed E-state index contributed by atoms with van der Waals surface area (Å²) < 4.78 is 28.5. The molecule has 0 aliphatic heterocycles. The standard InChI is InChI=1S/C13H16BrF2NO2/c1-2-17(8-4-7-14)12(18)10-5-3-6-11(9-10)19-13(15)16/h3,5-6,9,13H,2,4,7-8H2,1H3. The van der Waals surface area contributed by atoms with Gasteiger partial charge in [-0.25, -0.2) is 0 Å². The molecule has 0 heterocycles. The van der Waals surface area contributed by atoms with E-state index in [2.05, 4.69) is 20.7 Å². The minimum atomic E-state index is -2.89. The fourth-order valence-corrected chi connectivity index (χ4v) is 1.89. The van der Waals surface area contributed by atoms with Crippen LogP contribution in [-0.4, -0.2) is 35.8 Å². The number of benzene rings is 1. The fraction of sp³-hybridized carbons (Fsp3) is 0.462. The van der Waals surface area contributed by atoms with Crippen molar-refractivity contribution in [1.29, 1.82) is 0 Å². The van der Waals surface area contributed by atoms with E-state index in [4.69, 9.17) is 0 Å². The molecule has 1 rings (SSSR count). The highest BCUT2D eigenvalue weighted by molar-refractivity contribution is 9.09. The Labute approximate surface area is 119 Å². The van der Waals surface area contributed by atoms with Crippen molar-refractivity contribution >= 4 is 21.8 Å². The first-order chi connectivity index (χ1) is 9.08. The number of carbonyl (C=O) groups excluding carboxylic acids is 1. The van der Waals surface area contributed by atoms with E-state index < -0.39 is 6.61 Å². The molecule has 0 aromatic heterocycles. The van der Waals surface area contributed by atoms with Gasteiger partial charge in [-0.2, -0.15) is 8.78 Å². The first kappa shape index (κ1) is 15.9. The molecule has 1 aromatic rings. The Morgan fingerprint density at radius 2 is 2.21 bits per heavy atom. The smallest absolute Gasteiger partial charge is 0.387 e. The summed E-state index contributed by atoms with van der Waals surface area (Å²) in [7, 11) is 0. The maximum absolute atomic E-state index is 12.2. The quantitative estimate of drug-likeness (QED) is 0.713. The SMILES string of the molecule is CCN(CCCBr)C(=O)c1cccc(OC(F)F)c1. The highest BCUT2D eigenvalue weighted by atomic mass is 79.9. The van der Waals surface area contributed by atoms with Crippen molar-refractivity contribution in [3.05, 3.63) is 29.8 Å². The van der Waals surface area contributed by atoms with Gasteiger partial charge in [0.05, 0.1) is 0 Å². The Balaban J connectivity index is 2.79. The van der Waals surface area contributed by atoms with Gasteiger partial charge in [-0.1, -0.05) is 22.0 Å². The zero-order chi connectivity index (χ0) is 14.3. The van der Waals surface area contributed by atoms with Crippen LogP contribution >= 0.6 is 15.9 Å². The van der Waals surface area contributed by atoms with Gasteiger partial charge >= 0.3 is 6.61 Å². The van der Waals surface area contributed by atoms with E-state index in [1.807, 2.05) is 6.92 Å². The van der Waals surface area contributed by atoms with Crippen molar-refractivity contribution in [3.63, 3.8) is 0 Å². The molecule has 1 aromatic carbocycles. The lowest BCUT2D eigenvalue weighted by Crippen LogP contribution is -2.32. The number of amides is 1. The zero-order valence-electron chi connectivity index (χ0n) is 10.6. The number of ether oxygens (including phenoxy) is 1. The maximum atomic E-state index is 12.2. The van der Waals surface area contributed by atoms with Gasteiger partial charge in [-0.05, 0) is 31.5 Å². The van der Waals surface area contributed by atoms with E-state index >= 15 is 0 Å². The van der Waals surface area contributed by atoms with E-state index in [0.717, 1.165) is 11.8 Å². The third-order valence-corrected chi connectivity index (χ3v) is 3.10. The second-order valence-corrected chi connectivity index (χ2v) is 4.63. The molecule has 0 bridgehead atoms. The predicted octanol–water partition coefficient (Wildman–Crippen LogP) is 3.54. The lowest BCUT2D eigenvalue weighted by molar-refractivity contribution is -0.0499. The van der Waals surface area contributed by atoms with Crippen molar-refractivity contribution in [2.24, 2.45) is 0 Å². The molecule has 19 heavy (non-hydrogen) atoms. The monoisotopic (exact) mass is 335 g/mol. The summed E-state index contributed by atoms with van der Waals surface area (Å²) in [5.74, 6) is -0.180. The summed E-state index contributed by atoms with van der Waals surface area (Å²) in [5, 5.41) is 0.811. The molecule has 0 saturated heterocycles. The Morgan fingerprint density at radius 1 is 1.47 bits per heavy atom. The largest absolute Gasteiger partial charge is 0.435 e. The molecule has 3 nitrogen and oxygen atoms in total. The van der Waals surface area contributed by atoms with Crippen molar-refractivity contribution < 1.29 is 18.3 Å². The molecule has 0 spiro atoms. The number of carbonyl (C=O) groups is 1. The average Bonchev–Trinajstić information content (AvgIpc) is 2.39. The van der Waals surface area contributed by atoms with Gasteiger partial charge in [0.25, 0.3) is 5.91 Å². The molecule has 0 aliphatic carbocycles. The summed E-state index contributed by atoms with van der Waals surface area (Å²) in [6.07, 6.45) is 0.840. The third kappa shape index (κ3) is 5.14. The van der Waals surface area contributed by atoms with Gasteiger partial charge in [0, 0.05) is 24.0 Å². The molecule has 0 saturated carbocycles. The van der Waals surface area contributed by atoms with E-state index in [1.165, 1.54) is 18.2 Å². The van der Waals surface area contributed by atoms with Crippen molar-refractivity contribution in [3.8, 4) is 5.75 Å². The molecule has 0 unspecified atom stereocenters. The van der Waals surface area contributed by atoms with Gasteiger partial charge in [-0.15, -0.1) is 0 Å². The molecule has 0 fully saturated rings. The second kappa shape index (κ2) is 8.09. The molecular formula is C13H16BrF2NO2. The van der Waals surface area contributed by atoms with Crippen LogP contribution in [0.25, 0.3) is 0 Å². The highest BCUT2D eigenvalue weighted by Crippen LogP contribution is 2.17. The number of hydrogen-bond acceptors (Lipinski definition) is 2. The third-order valence-electron chi connectivity index (χ3n) is 2.54. The fourth-order valence-electron chi connectivity index (χ4n) is 1.64. The van der Waals surface area contributed by atoms with Crippen LogP contribution in [0.5, 0.6) is 5.75 Å². The van der Waals surface area contributed by atoms with Crippen LogP contribution in [0.15, 0.2) is 24.3 Å². The van der Waals surface area contributed by atoms with Crippen LogP contribution in [0.2, 0.25) is 0 Å². The van der Waals surface area contributed by atoms with Crippen molar-refractivity contribution in [2.45, 2.75) is 20.0 Å². The Morgan fingerprint density at radius 3 is 2.79 bits per heavy atom. The van der Waals surface area contributed by atoms with E-state index in [9.17, 15) is 13.6 Å². The number of rotatable bonds is 7.